The third-order valence-electron chi connectivity index (χ3n) is 7.14. The summed E-state index contributed by atoms with van der Waals surface area (Å²) in [5.74, 6) is -0.570. The zero-order valence-electron chi connectivity index (χ0n) is 22.7. The van der Waals surface area contributed by atoms with E-state index < -0.39 is 0 Å². The number of aromatic nitrogens is 6. The monoisotopic (exact) mass is 548 g/mol. The van der Waals surface area contributed by atoms with Crippen LogP contribution in [0.1, 0.15) is 46.7 Å². The van der Waals surface area contributed by atoms with Crippen molar-refractivity contribution in [3.63, 3.8) is 0 Å². The fourth-order valence-corrected chi connectivity index (χ4v) is 5.08. The zero-order valence-corrected chi connectivity index (χ0v) is 22.7. The number of ether oxygens (including phenoxy) is 2. The maximum atomic E-state index is 12.1. The Morgan fingerprint density at radius 2 is 1.27 bits per heavy atom. The first-order chi connectivity index (χ1) is 20.0. The molecular formula is C31H28N6O4. The van der Waals surface area contributed by atoms with E-state index in [1.54, 1.807) is 12.5 Å². The van der Waals surface area contributed by atoms with Gasteiger partial charge in [-0.25, -0.2) is 15.0 Å². The lowest BCUT2D eigenvalue weighted by Gasteiger charge is -2.06. The highest BCUT2D eigenvalue weighted by Gasteiger charge is 2.18. The smallest absolute Gasteiger partial charge is 0.305 e. The molecular weight excluding hydrogens is 520 g/mol. The number of methoxy groups -OCH3 is 2. The molecule has 0 fully saturated rings. The maximum Gasteiger partial charge on any atom is 0.305 e. The van der Waals surface area contributed by atoms with Crippen LogP contribution >= 0.6 is 0 Å². The average molecular weight is 549 g/mol. The lowest BCUT2D eigenvalue weighted by molar-refractivity contribution is -0.141. The summed E-state index contributed by atoms with van der Waals surface area (Å²) in [4.78, 5) is 45.3. The van der Waals surface area contributed by atoms with E-state index in [1.807, 2.05) is 65.4 Å². The summed E-state index contributed by atoms with van der Waals surface area (Å²) in [5, 5.41) is 0. The lowest BCUT2D eigenvalue weighted by Crippen LogP contribution is -2.03. The Bertz CT molecular complexity index is 1740. The van der Waals surface area contributed by atoms with Crippen molar-refractivity contribution in [3.05, 3.63) is 83.0 Å². The molecule has 4 aromatic rings. The number of rotatable bonds is 7. The van der Waals surface area contributed by atoms with Crippen molar-refractivity contribution < 1.29 is 19.1 Å². The molecule has 4 aromatic heterocycles. The molecule has 0 aromatic carbocycles. The van der Waals surface area contributed by atoms with Crippen LogP contribution in [-0.4, -0.2) is 55.6 Å². The van der Waals surface area contributed by atoms with E-state index in [4.69, 9.17) is 19.4 Å². The number of carbonyl (C=O) groups is 2. The van der Waals surface area contributed by atoms with E-state index in [0.717, 1.165) is 50.3 Å². The van der Waals surface area contributed by atoms with Crippen molar-refractivity contribution in [1.29, 1.82) is 0 Å². The minimum atomic E-state index is -0.285. The summed E-state index contributed by atoms with van der Waals surface area (Å²) in [6, 6.07) is 9.98. The van der Waals surface area contributed by atoms with Crippen LogP contribution in [0.3, 0.4) is 0 Å². The van der Waals surface area contributed by atoms with E-state index in [1.165, 1.54) is 14.2 Å². The molecule has 0 unspecified atom stereocenters. The fraction of sp³-hybridized carbons (Fsp3) is 0.194. The number of nitrogens with one attached hydrogen (secondary N) is 2. The molecule has 0 aliphatic carbocycles. The van der Waals surface area contributed by atoms with Crippen LogP contribution in [0.25, 0.3) is 52.1 Å². The summed E-state index contributed by atoms with van der Waals surface area (Å²) in [6.07, 6.45) is 14.4. The minimum Gasteiger partial charge on any atom is -0.469 e. The van der Waals surface area contributed by atoms with E-state index in [-0.39, 0.29) is 24.8 Å². The highest BCUT2D eigenvalue weighted by Crippen LogP contribution is 2.29. The number of nitrogens with zero attached hydrogens (tertiary/aromatic N) is 4. The number of imidazole rings is 1. The van der Waals surface area contributed by atoms with E-state index in [2.05, 4.69) is 15.0 Å². The largest absolute Gasteiger partial charge is 0.469 e. The van der Waals surface area contributed by atoms with Crippen LogP contribution in [0, 0.1) is 0 Å². The fourth-order valence-electron chi connectivity index (χ4n) is 5.08. The highest BCUT2D eigenvalue weighted by molar-refractivity contribution is 5.85. The number of H-pyrrole nitrogens is 2. The van der Waals surface area contributed by atoms with Gasteiger partial charge in [-0.05, 0) is 67.5 Å². The topological polar surface area (TPSA) is 128 Å². The molecule has 0 saturated heterocycles. The Kier molecular flexibility index (Phi) is 7.03. The van der Waals surface area contributed by atoms with Gasteiger partial charge in [-0.15, -0.1) is 0 Å². The molecule has 0 spiro atoms. The maximum absolute atomic E-state index is 12.1. The molecule has 41 heavy (non-hydrogen) atoms. The third kappa shape index (κ3) is 5.31. The molecule has 10 nitrogen and oxygen atoms in total. The number of carbonyl (C=O) groups excluding carboxylic acids is 2. The van der Waals surface area contributed by atoms with Crippen LogP contribution in [0.15, 0.2) is 49.1 Å². The van der Waals surface area contributed by atoms with Gasteiger partial charge in [0.1, 0.15) is 0 Å². The summed E-state index contributed by atoms with van der Waals surface area (Å²) < 4.78 is 11.7. The first-order valence-corrected chi connectivity index (χ1v) is 13.3. The van der Waals surface area contributed by atoms with Gasteiger partial charge in [-0.1, -0.05) is 0 Å². The van der Waals surface area contributed by atoms with Gasteiger partial charge in [0.25, 0.3) is 0 Å². The predicted molar refractivity (Wildman–Crippen MR) is 157 cm³/mol. The summed E-state index contributed by atoms with van der Waals surface area (Å²) in [7, 11) is 2.78. The van der Waals surface area contributed by atoms with Gasteiger partial charge < -0.3 is 24.0 Å². The second-order valence-corrected chi connectivity index (χ2v) is 9.66. The van der Waals surface area contributed by atoms with Crippen molar-refractivity contribution in [2.75, 3.05) is 14.2 Å². The Morgan fingerprint density at radius 1 is 0.756 bits per heavy atom. The second-order valence-electron chi connectivity index (χ2n) is 9.66. The van der Waals surface area contributed by atoms with Gasteiger partial charge in [0, 0.05) is 58.4 Å². The van der Waals surface area contributed by atoms with Crippen molar-refractivity contribution in [2.24, 2.45) is 0 Å². The van der Waals surface area contributed by atoms with Gasteiger partial charge in [0.15, 0.2) is 0 Å². The second kappa shape index (κ2) is 11.1. The number of aromatic amines is 2. The molecule has 2 aliphatic heterocycles. The first kappa shape index (κ1) is 26.0. The molecule has 2 N–H and O–H groups in total. The average Bonchev–Trinajstić information content (AvgIpc) is 3.81. The predicted octanol–water partition coefficient (Wildman–Crippen LogP) is 5.05. The van der Waals surface area contributed by atoms with E-state index in [9.17, 15) is 9.59 Å². The van der Waals surface area contributed by atoms with Gasteiger partial charge in [-0.2, -0.15) is 0 Å². The summed E-state index contributed by atoms with van der Waals surface area (Å²) in [5.41, 5.74) is 9.00. The first-order valence-electron chi connectivity index (χ1n) is 13.3. The minimum absolute atomic E-state index is 0.224. The van der Waals surface area contributed by atoms with Crippen LogP contribution in [0.5, 0.6) is 0 Å². The molecule has 0 amide bonds. The van der Waals surface area contributed by atoms with Crippen LogP contribution in [0.4, 0.5) is 0 Å². The van der Waals surface area contributed by atoms with Gasteiger partial charge in [-0.3, -0.25) is 9.59 Å². The Balaban J connectivity index is 1.66. The lowest BCUT2D eigenvalue weighted by atomic mass is 10.1. The summed E-state index contributed by atoms with van der Waals surface area (Å²) >= 11 is 0. The molecule has 6 heterocycles. The highest BCUT2D eigenvalue weighted by atomic mass is 16.5. The number of esters is 2. The Morgan fingerprint density at radius 3 is 1.73 bits per heavy atom. The molecule has 0 saturated carbocycles. The van der Waals surface area contributed by atoms with Gasteiger partial charge >= 0.3 is 11.9 Å². The Labute approximate surface area is 235 Å². The molecule has 2 aliphatic rings. The number of aryl methyl sites for hydroxylation is 2. The quantitative estimate of drug-likeness (QED) is 0.267. The van der Waals surface area contributed by atoms with Crippen LogP contribution < -0.4 is 0 Å². The van der Waals surface area contributed by atoms with Crippen LogP contribution in [0.2, 0.25) is 0 Å². The SMILES string of the molecule is COC(=O)CCc1c2nc(c(-n3ccnc3)c3nc(c(CCC(=O)OC)c4ccc(cc5ccc1[nH]5)[nH]4)C=C3)C=C2. The van der Waals surface area contributed by atoms with E-state index in [0.29, 0.717) is 24.2 Å². The van der Waals surface area contributed by atoms with Gasteiger partial charge in [0.2, 0.25) is 0 Å². The van der Waals surface area contributed by atoms with Crippen molar-refractivity contribution in [3.8, 4) is 5.69 Å². The number of hydrogen-bond acceptors (Lipinski definition) is 7. The molecule has 0 radical (unpaired) electrons. The Hall–Kier alpha value is -5.25. The van der Waals surface area contributed by atoms with Gasteiger partial charge in [0.05, 0.1) is 49.0 Å². The number of fused-ring (bicyclic) bond motifs is 8. The molecule has 10 heteroatoms. The van der Waals surface area contributed by atoms with Crippen molar-refractivity contribution in [1.82, 2.24) is 29.5 Å². The van der Waals surface area contributed by atoms with E-state index >= 15 is 0 Å². The molecule has 6 rings (SSSR count). The summed E-state index contributed by atoms with van der Waals surface area (Å²) in [6.45, 7) is 0. The number of hydrogen-bond donors (Lipinski definition) is 2. The van der Waals surface area contributed by atoms with Crippen molar-refractivity contribution >= 4 is 58.3 Å². The van der Waals surface area contributed by atoms with Crippen molar-refractivity contribution in [2.45, 2.75) is 25.7 Å². The molecule has 206 valence electrons. The molecule has 8 bridgehead atoms. The zero-order chi connectivity index (χ0) is 28.3. The standard InChI is InChI=1S/C31H28N6O4/c1-40-29(38)13-5-21-23-7-3-19(33-23)17-20-4-8-24(34-20)22(6-14-30(39)41-2)26-10-12-28(36-26)31(37-16-15-32-18-37)27-11-9-25(21)35-27/h3-4,7-12,15-18,33-34H,5-6,13-14H2,1-2H3. The van der Waals surface area contributed by atoms with Crippen LogP contribution in [-0.2, 0) is 31.9 Å². The third-order valence-corrected chi connectivity index (χ3v) is 7.14. The molecule has 0 atom stereocenters. The normalized spacial score (nSPS) is 12.0.